The molecule has 0 aliphatic rings. The van der Waals surface area contributed by atoms with E-state index in [9.17, 15) is 0 Å². The van der Waals surface area contributed by atoms with Gasteiger partial charge in [0.05, 0.1) is 6.61 Å². The third-order valence-electron chi connectivity index (χ3n) is 1.13. The third-order valence-corrected chi connectivity index (χ3v) is 2.70. The van der Waals surface area contributed by atoms with E-state index in [0.29, 0.717) is 6.61 Å². The van der Waals surface area contributed by atoms with E-state index in [2.05, 4.69) is 0 Å². The lowest BCUT2D eigenvalue weighted by atomic mass is 10.5. The molecular formula is C6H14Cl2O2Si. The van der Waals surface area contributed by atoms with Crippen LogP contribution in [-0.4, -0.2) is 34.9 Å². The number of rotatable bonds is 7. The van der Waals surface area contributed by atoms with Crippen molar-refractivity contribution >= 4 is 33.0 Å². The van der Waals surface area contributed by atoms with Gasteiger partial charge in [-0.25, -0.2) is 0 Å². The maximum absolute atomic E-state index is 5.46. The first kappa shape index (κ1) is 11.7. The molecule has 68 valence electrons. The van der Waals surface area contributed by atoms with Gasteiger partial charge in [0.1, 0.15) is 4.84 Å². The van der Waals surface area contributed by atoms with Gasteiger partial charge < -0.3 is 9.16 Å². The van der Waals surface area contributed by atoms with E-state index in [1.54, 1.807) is 7.11 Å². The van der Waals surface area contributed by atoms with Crippen LogP contribution in [0.15, 0.2) is 0 Å². The molecule has 0 aliphatic heterocycles. The average molecular weight is 217 g/mol. The van der Waals surface area contributed by atoms with Crippen LogP contribution >= 0.6 is 23.2 Å². The molecule has 0 spiro atoms. The summed E-state index contributed by atoms with van der Waals surface area (Å²) < 4.78 is 10.1. The molecule has 0 saturated carbocycles. The molecule has 0 rings (SSSR count). The summed E-state index contributed by atoms with van der Waals surface area (Å²) in [7, 11) is 1.30. The van der Waals surface area contributed by atoms with Crippen molar-refractivity contribution in [2.45, 2.75) is 17.3 Å². The summed E-state index contributed by atoms with van der Waals surface area (Å²) in [4.78, 5) is -0.370. The molecule has 0 radical (unpaired) electrons. The molecule has 0 atom stereocenters. The van der Waals surface area contributed by atoms with E-state index in [0.717, 1.165) is 19.1 Å². The van der Waals surface area contributed by atoms with Crippen LogP contribution in [0.1, 0.15) is 6.42 Å². The zero-order valence-electron chi connectivity index (χ0n) is 6.69. The molecule has 0 aromatic carbocycles. The molecule has 0 aliphatic carbocycles. The normalized spacial score (nSPS) is 12.0. The van der Waals surface area contributed by atoms with Crippen LogP contribution in [0.2, 0.25) is 6.04 Å². The lowest BCUT2D eigenvalue weighted by Crippen LogP contribution is -2.06. The van der Waals surface area contributed by atoms with E-state index >= 15 is 0 Å². The SMILES string of the molecule is COCCC[SiH2]OCC(Cl)Cl. The van der Waals surface area contributed by atoms with Crippen LogP contribution in [0.3, 0.4) is 0 Å². The van der Waals surface area contributed by atoms with Crippen LogP contribution in [0, 0.1) is 0 Å². The standard InChI is InChI=1S/C6H14Cl2O2Si/c1-9-3-2-4-11-10-5-6(7)8/h6H,2-5,11H2,1H3. The fourth-order valence-electron chi connectivity index (χ4n) is 0.623. The van der Waals surface area contributed by atoms with Gasteiger partial charge in [-0.2, -0.15) is 0 Å². The minimum Gasteiger partial charge on any atom is -0.421 e. The number of halogens is 2. The molecule has 0 unspecified atom stereocenters. The second kappa shape index (κ2) is 8.81. The summed E-state index contributed by atoms with van der Waals surface area (Å²) in [5.41, 5.74) is 0. The predicted molar refractivity (Wildman–Crippen MR) is 51.3 cm³/mol. The van der Waals surface area contributed by atoms with Crippen molar-refractivity contribution < 1.29 is 9.16 Å². The van der Waals surface area contributed by atoms with E-state index in [-0.39, 0.29) is 4.84 Å². The van der Waals surface area contributed by atoms with Crippen LogP contribution in [0.5, 0.6) is 0 Å². The molecule has 0 aromatic rings. The Morgan fingerprint density at radius 1 is 1.45 bits per heavy atom. The Morgan fingerprint density at radius 2 is 2.18 bits per heavy atom. The molecule has 0 N–H and O–H groups in total. The first-order valence-electron chi connectivity index (χ1n) is 3.62. The zero-order chi connectivity index (χ0) is 8.53. The number of hydrogen-bond donors (Lipinski definition) is 0. The Morgan fingerprint density at radius 3 is 2.73 bits per heavy atom. The Bertz CT molecular complexity index is 83.0. The maximum atomic E-state index is 5.46. The molecule has 0 fully saturated rings. The molecule has 0 bridgehead atoms. The Hall–Kier alpha value is 0.717. The van der Waals surface area contributed by atoms with E-state index in [1.165, 1.54) is 0 Å². The second-order valence-electron chi connectivity index (χ2n) is 2.17. The average Bonchev–Trinajstić information content (AvgIpc) is 1.96. The van der Waals surface area contributed by atoms with Crippen molar-refractivity contribution in [2.75, 3.05) is 20.3 Å². The summed E-state index contributed by atoms with van der Waals surface area (Å²) in [6, 6.07) is 1.13. The van der Waals surface area contributed by atoms with Gasteiger partial charge in [-0.15, -0.1) is 23.2 Å². The lowest BCUT2D eigenvalue weighted by molar-refractivity contribution is 0.198. The molecule has 0 saturated heterocycles. The van der Waals surface area contributed by atoms with Crippen molar-refractivity contribution in [1.29, 1.82) is 0 Å². The molecule has 11 heavy (non-hydrogen) atoms. The monoisotopic (exact) mass is 216 g/mol. The highest BCUT2D eigenvalue weighted by molar-refractivity contribution is 6.44. The topological polar surface area (TPSA) is 18.5 Å². The second-order valence-corrected chi connectivity index (χ2v) is 4.97. The molecule has 0 heterocycles. The third kappa shape index (κ3) is 10.7. The number of methoxy groups -OCH3 is 1. The smallest absolute Gasteiger partial charge is 0.161 e. The van der Waals surface area contributed by atoms with E-state index in [4.69, 9.17) is 32.4 Å². The van der Waals surface area contributed by atoms with Gasteiger partial charge in [-0.05, 0) is 12.5 Å². The molecule has 0 amide bonds. The van der Waals surface area contributed by atoms with Crippen molar-refractivity contribution in [1.82, 2.24) is 0 Å². The quantitative estimate of drug-likeness (QED) is 0.364. The summed E-state index contributed by atoms with van der Waals surface area (Å²) >= 11 is 10.9. The minimum absolute atomic E-state index is 0.370. The van der Waals surface area contributed by atoms with Gasteiger partial charge in [-0.1, -0.05) is 0 Å². The van der Waals surface area contributed by atoms with Gasteiger partial charge in [0.25, 0.3) is 0 Å². The lowest BCUT2D eigenvalue weighted by Gasteiger charge is -2.03. The summed E-state index contributed by atoms with van der Waals surface area (Å²) in [6.07, 6.45) is 1.08. The first-order chi connectivity index (χ1) is 5.27. The first-order valence-corrected chi connectivity index (χ1v) is 6.07. The Balaban J connectivity index is 2.80. The van der Waals surface area contributed by atoms with Crippen LogP contribution in [0.4, 0.5) is 0 Å². The predicted octanol–water partition coefficient (Wildman–Crippen LogP) is 1.35. The van der Waals surface area contributed by atoms with Gasteiger partial charge in [0.2, 0.25) is 0 Å². The molecule has 2 nitrogen and oxygen atoms in total. The highest BCUT2D eigenvalue weighted by atomic mass is 35.5. The van der Waals surface area contributed by atoms with Crippen LogP contribution in [0.25, 0.3) is 0 Å². The van der Waals surface area contributed by atoms with Crippen molar-refractivity contribution in [3.05, 3.63) is 0 Å². The van der Waals surface area contributed by atoms with Gasteiger partial charge in [0.15, 0.2) is 9.76 Å². The number of alkyl halides is 2. The van der Waals surface area contributed by atoms with Crippen molar-refractivity contribution in [3.8, 4) is 0 Å². The van der Waals surface area contributed by atoms with Crippen molar-refractivity contribution in [2.24, 2.45) is 0 Å². The zero-order valence-corrected chi connectivity index (χ0v) is 9.61. The highest BCUT2D eigenvalue weighted by Crippen LogP contribution is 2.01. The number of hydrogen-bond acceptors (Lipinski definition) is 2. The fraction of sp³-hybridized carbons (Fsp3) is 1.00. The largest absolute Gasteiger partial charge is 0.421 e. The minimum atomic E-state index is -0.401. The summed E-state index contributed by atoms with van der Waals surface area (Å²) in [5, 5.41) is 0. The van der Waals surface area contributed by atoms with Gasteiger partial charge >= 0.3 is 0 Å². The van der Waals surface area contributed by atoms with E-state index < -0.39 is 9.76 Å². The van der Waals surface area contributed by atoms with Gasteiger partial charge in [-0.3, -0.25) is 0 Å². The summed E-state index contributed by atoms with van der Waals surface area (Å²) in [6.45, 7) is 1.30. The van der Waals surface area contributed by atoms with Crippen LogP contribution < -0.4 is 0 Å². The van der Waals surface area contributed by atoms with E-state index in [1.807, 2.05) is 0 Å². The molecule has 5 heteroatoms. The van der Waals surface area contributed by atoms with Crippen molar-refractivity contribution in [3.63, 3.8) is 0 Å². The molecule has 0 aromatic heterocycles. The number of ether oxygens (including phenoxy) is 1. The van der Waals surface area contributed by atoms with Gasteiger partial charge in [0, 0.05) is 13.7 Å². The molecular weight excluding hydrogens is 203 g/mol. The Labute approximate surface area is 80.1 Å². The highest BCUT2D eigenvalue weighted by Gasteiger charge is 1.97. The maximum Gasteiger partial charge on any atom is 0.161 e. The fourth-order valence-corrected chi connectivity index (χ4v) is 2.11. The summed E-state index contributed by atoms with van der Waals surface area (Å²) in [5.74, 6) is 0. The Kier molecular flexibility index (Phi) is 9.38. The van der Waals surface area contributed by atoms with Crippen LogP contribution in [-0.2, 0) is 9.16 Å².